The van der Waals surface area contributed by atoms with Crippen molar-refractivity contribution in [1.82, 2.24) is 9.55 Å². The van der Waals surface area contributed by atoms with Crippen LogP contribution in [-0.4, -0.2) is 51.3 Å². The molecule has 2 heterocycles. The van der Waals surface area contributed by atoms with Crippen molar-refractivity contribution in [2.24, 2.45) is 0 Å². The molecule has 8 heteroatoms. The van der Waals surface area contributed by atoms with Gasteiger partial charge < -0.3 is 19.7 Å². The van der Waals surface area contributed by atoms with Gasteiger partial charge in [-0.25, -0.2) is 4.79 Å². The van der Waals surface area contributed by atoms with Gasteiger partial charge in [0.2, 0.25) is 0 Å². The third-order valence-electron chi connectivity index (χ3n) is 7.93. The summed E-state index contributed by atoms with van der Waals surface area (Å²) in [6, 6.07) is 1.22. The van der Waals surface area contributed by atoms with Crippen LogP contribution in [0.4, 0.5) is 0 Å². The molecule has 0 aliphatic carbocycles. The molecule has 1 aliphatic heterocycles. The summed E-state index contributed by atoms with van der Waals surface area (Å²) in [6.45, 7) is 2.34. The minimum absolute atomic E-state index is 0.380. The first-order valence-corrected chi connectivity index (χ1v) is 16.0. The summed E-state index contributed by atoms with van der Waals surface area (Å²) in [6.07, 6.45) is 24.3. The molecule has 39 heavy (non-hydrogen) atoms. The van der Waals surface area contributed by atoms with E-state index < -0.39 is 35.8 Å². The Balaban J connectivity index is 1.42. The van der Waals surface area contributed by atoms with Crippen molar-refractivity contribution in [1.29, 1.82) is 0 Å². The molecule has 0 saturated carbocycles. The topological polar surface area (TPSA) is 114 Å². The highest BCUT2D eigenvalue weighted by atomic mass is 16.6. The van der Waals surface area contributed by atoms with Gasteiger partial charge in [-0.05, 0) is 6.42 Å². The molecule has 0 radical (unpaired) electrons. The van der Waals surface area contributed by atoms with Crippen LogP contribution in [-0.2, 0) is 9.47 Å². The summed E-state index contributed by atoms with van der Waals surface area (Å²) < 4.78 is 12.8. The fourth-order valence-electron chi connectivity index (χ4n) is 5.48. The second-order valence-electron chi connectivity index (χ2n) is 11.3. The van der Waals surface area contributed by atoms with Crippen LogP contribution >= 0.6 is 0 Å². The van der Waals surface area contributed by atoms with Gasteiger partial charge >= 0.3 is 5.69 Å². The molecule has 0 spiro atoms. The van der Waals surface area contributed by atoms with Crippen LogP contribution in [0.2, 0.25) is 0 Å². The zero-order valence-corrected chi connectivity index (χ0v) is 24.5. The molecule has 0 amide bonds. The van der Waals surface area contributed by atoms with Crippen LogP contribution in [0.3, 0.4) is 0 Å². The van der Waals surface area contributed by atoms with Gasteiger partial charge in [0.05, 0.1) is 6.61 Å². The minimum atomic E-state index is -1.05. The van der Waals surface area contributed by atoms with Crippen LogP contribution in [0, 0.1) is 0 Å². The maximum absolute atomic E-state index is 12.2. The van der Waals surface area contributed by atoms with Crippen LogP contribution in [0.5, 0.6) is 0 Å². The molecule has 2 rings (SSSR count). The van der Waals surface area contributed by atoms with Gasteiger partial charge in [-0.1, -0.05) is 129 Å². The van der Waals surface area contributed by atoms with Gasteiger partial charge in [0, 0.05) is 18.9 Å². The number of aliphatic hydroxyl groups excluding tert-OH is 2. The molecule has 3 N–H and O–H groups in total. The summed E-state index contributed by atoms with van der Waals surface area (Å²) in [5.74, 6) is 0. The zero-order chi connectivity index (χ0) is 28.1. The summed E-state index contributed by atoms with van der Waals surface area (Å²) >= 11 is 0. The smallest absolute Gasteiger partial charge is 0.330 e. The van der Waals surface area contributed by atoms with Gasteiger partial charge in [0.1, 0.15) is 18.3 Å². The first kappa shape index (κ1) is 33.7. The van der Waals surface area contributed by atoms with Crippen LogP contribution in [0.1, 0.15) is 142 Å². The molecular formula is C31H56N2O6. The third kappa shape index (κ3) is 13.6. The number of H-pyrrole nitrogens is 1. The van der Waals surface area contributed by atoms with Crippen molar-refractivity contribution in [3.8, 4) is 0 Å². The fraction of sp³-hybridized carbons (Fsp3) is 0.871. The highest BCUT2D eigenvalue weighted by Gasteiger charge is 2.45. The maximum Gasteiger partial charge on any atom is 0.330 e. The van der Waals surface area contributed by atoms with Crippen molar-refractivity contribution in [3.63, 3.8) is 0 Å². The molecule has 1 saturated heterocycles. The van der Waals surface area contributed by atoms with E-state index >= 15 is 0 Å². The van der Waals surface area contributed by atoms with E-state index in [1.54, 1.807) is 0 Å². The average Bonchev–Trinajstić information content (AvgIpc) is 3.24. The van der Waals surface area contributed by atoms with Crippen molar-refractivity contribution < 1.29 is 19.7 Å². The number of aliphatic hydroxyl groups is 2. The number of hydrogen-bond acceptors (Lipinski definition) is 6. The minimum Gasteiger partial charge on any atom is -0.394 e. The number of rotatable bonds is 24. The van der Waals surface area contributed by atoms with E-state index in [1.807, 2.05) is 0 Å². The highest BCUT2D eigenvalue weighted by molar-refractivity contribution is 4.94. The molecule has 1 fully saturated rings. The largest absolute Gasteiger partial charge is 0.394 e. The second kappa shape index (κ2) is 21.3. The lowest BCUT2D eigenvalue weighted by molar-refractivity contribution is -0.0749. The molecule has 1 aromatic heterocycles. The van der Waals surface area contributed by atoms with E-state index in [9.17, 15) is 19.8 Å². The van der Waals surface area contributed by atoms with Crippen LogP contribution < -0.4 is 11.2 Å². The van der Waals surface area contributed by atoms with Crippen LogP contribution in [0.15, 0.2) is 21.9 Å². The number of aromatic nitrogens is 2. The molecule has 0 bridgehead atoms. The van der Waals surface area contributed by atoms with E-state index in [2.05, 4.69) is 11.9 Å². The lowest BCUT2D eigenvalue weighted by Crippen LogP contribution is -2.39. The molecular weight excluding hydrogens is 496 g/mol. The number of nitrogens with one attached hydrogen (secondary N) is 1. The Hall–Kier alpha value is -1.48. The summed E-state index contributed by atoms with van der Waals surface area (Å²) in [5.41, 5.74) is -1.14. The number of hydrogen-bond donors (Lipinski definition) is 3. The van der Waals surface area contributed by atoms with E-state index in [0.29, 0.717) is 6.61 Å². The maximum atomic E-state index is 12.2. The number of nitrogens with zero attached hydrogens (tertiary/aromatic N) is 1. The van der Waals surface area contributed by atoms with E-state index in [-0.39, 0.29) is 6.61 Å². The lowest BCUT2D eigenvalue weighted by Gasteiger charge is -2.22. The van der Waals surface area contributed by atoms with Crippen molar-refractivity contribution in [3.05, 3.63) is 33.1 Å². The molecule has 1 aromatic rings. The van der Waals surface area contributed by atoms with Gasteiger partial charge in [0.15, 0.2) is 6.23 Å². The van der Waals surface area contributed by atoms with Gasteiger partial charge in [-0.15, -0.1) is 0 Å². The lowest BCUT2D eigenvalue weighted by atomic mass is 10.0. The Bertz CT molecular complexity index is 841. The van der Waals surface area contributed by atoms with Gasteiger partial charge in [0.25, 0.3) is 5.56 Å². The van der Waals surface area contributed by atoms with E-state index in [1.165, 1.54) is 126 Å². The Morgan fingerprint density at radius 3 is 1.69 bits per heavy atom. The highest BCUT2D eigenvalue weighted by Crippen LogP contribution is 2.30. The molecule has 226 valence electrons. The zero-order valence-electron chi connectivity index (χ0n) is 24.5. The summed E-state index contributed by atoms with van der Waals surface area (Å²) in [5, 5.41) is 20.0. The fourth-order valence-corrected chi connectivity index (χ4v) is 5.48. The number of unbranched alkanes of at least 4 members (excludes halogenated alkanes) is 19. The molecule has 0 aromatic carbocycles. The predicted molar refractivity (Wildman–Crippen MR) is 156 cm³/mol. The average molecular weight is 553 g/mol. The quantitative estimate of drug-likeness (QED) is 0.136. The first-order valence-electron chi connectivity index (χ1n) is 16.0. The normalized spacial score (nSPS) is 21.1. The third-order valence-corrected chi connectivity index (χ3v) is 7.93. The SMILES string of the molecule is CCCCCCCCCCCCCCCCCCCCCCOC1C(O)C(CO)OC1n1ccc(=O)[nH]c1=O. The predicted octanol–water partition coefficient (Wildman–Crippen LogP) is 5.99. The Morgan fingerprint density at radius 1 is 0.795 bits per heavy atom. The Kier molecular flexibility index (Phi) is 18.4. The molecule has 8 nitrogen and oxygen atoms in total. The van der Waals surface area contributed by atoms with Crippen molar-refractivity contribution >= 4 is 0 Å². The van der Waals surface area contributed by atoms with Crippen LogP contribution in [0.25, 0.3) is 0 Å². The standard InChI is InChI=1S/C31H56N2O6/c1-2-3-4-5-6-7-8-9-10-11-12-13-14-15-16-17-18-19-20-21-24-38-29-28(36)26(25-34)39-30(29)33-23-22-27(35)32-31(33)37/h22-23,26,28-30,34,36H,2-21,24-25H2,1H3,(H,32,35,37). The van der Waals surface area contributed by atoms with Gasteiger partial charge in [-0.3, -0.25) is 14.3 Å². The van der Waals surface area contributed by atoms with Crippen molar-refractivity contribution in [2.75, 3.05) is 13.2 Å². The number of aromatic amines is 1. The van der Waals surface area contributed by atoms with Crippen molar-refractivity contribution in [2.45, 2.75) is 160 Å². The first-order chi connectivity index (χ1) is 19.1. The molecule has 1 aliphatic rings. The summed E-state index contributed by atoms with van der Waals surface area (Å²) in [7, 11) is 0. The van der Waals surface area contributed by atoms with E-state index in [0.717, 1.165) is 19.3 Å². The summed E-state index contributed by atoms with van der Waals surface area (Å²) in [4.78, 5) is 25.7. The molecule has 4 unspecified atom stereocenters. The molecule has 4 atom stereocenters. The van der Waals surface area contributed by atoms with E-state index in [4.69, 9.17) is 9.47 Å². The number of ether oxygens (including phenoxy) is 2. The second-order valence-corrected chi connectivity index (χ2v) is 11.3. The Morgan fingerprint density at radius 2 is 1.26 bits per heavy atom. The monoisotopic (exact) mass is 552 g/mol. The van der Waals surface area contributed by atoms with Gasteiger partial charge in [-0.2, -0.15) is 0 Å². The Labute approximate surface area is 235 Å².